The number of guanidine groups is 1. The van der Waals surface area contributed by atoms with Crippen molar-refractivity contribution in [2.24, 2.45) is 4.99 Å². The van der Waals surface area contributed by atoms with Gasteiger partial charge in [-0.1, -0.05) is 13.8 Å². The molecule has 0 aromatic rings. The Hall–Kier alpha value is -0.810. The fourth-order valence-corrected chi connectivity index (χ4v) is 2.34. The third-order valence-electron chi connectivity index (χ3n) is 3.77. The molecule has 0 amide bonds. The van der Waals surface area contributed by atoms with Crippen LogP contribution in [-0.2, 0) is 4.74 Å². The Kier molecular flexibility index (Phi) is 7.16. The fraction of sp³-hybridized carbons (Fsp3) is 0.929. The van der Waals surface area contributed by atoms with Crippen LogP contribution in [0.25, 0.3) is 0 Å². The summed E-state index contributed by atoms with van der Waals surface area (Å²) in [5, 5.41) is 6.71. The van der Waals surface area contributed by atoms with Gasteiger partial charge in [-0.05, 0) is 32.9 Å². The van der Waals surface area contributed by atoms with Gasteiger partial charge in [0, 0.05) is 33.3 Å². The average molecular weight is 270 g/mol. The first-order chi connectivity index (χ1) is 9.13. The van der Waals surface area contributed by atoms with Gasteiger partial charge in [-0.3, -0.25) is 4.99 Å². The van der Waals surface area contributed by atoms with Gasteiger partial charge in [-0.2, -0.15) is 0 Å². The third kappa shape index (κ3) is 5.78. The zero-order valence-corrected chi connectivity index (χ0v) is 13.0. The van der Waals surface area contributed by atoms with Gasteiger partial charge in [0.15, 0.2) is 5.96 Å². The normalized spacial score (nSPS) is 23.9. The molecule has 1 heterocycles. The predicted molar refractivity (Wildman–Crippen MR) is 80.7 cm³/mol. The quantitative estimate of drug-likeness (QED) is 0.536. The fourth-order valence-electron chi connectivity index (χ4n) is 2.34. The highest BCUT2D eigenvalue weighted by atomic mass is 16.5. The van der Waals surface area contributed by atoms with Crippen LogP contribution in [0.2, 0.25) is 0 Å². The van der Waals surface area contributed by atoms with Crippen molar-refractivity contribution < 1.29 is 4.74 Å². The summed E-state index contributed by atoms with van der Waals surface area (Å²) in [5.41, 5.74) is -0.0313. The zero-order chi connectivity index (χ0) is 14.1. The molecule has 112 valence electrons. The van der Waals surface area contributed by atoms with Gasteiger partial charge in [0.05, 0.1) is 5.60 Å². The lowest BCUT2D eigenvalue weighted by atomic mass is 10.0. The van der Waals surface area contributed by atoms with Crippen LogP contribution in [0.4, 0.5) is 0 Å². The van der Waals surface area contributed by atoms with Crippen molar-refractivity contribution in [3.8, 4) is 0 Å². The van der Waals surface area contributed by atoms with E-state index in [-0.39, 0.29) is 5.60 Å². The van der Waals surface area contributed by atoms with Crippen LogP contribution in [0.1, 0.15) is 33.6 Å². The first kappa shape index (κ1) is 16.2. The van der Waals surface area contributed by atoms with Crippen LogP contribution in [0, 0.1) is 0 Å². The van der Waals surface area contributed by atoms with Gasteiger partial charge in [-0.15, -0.1) is 0 Å². The smallest absolute Gasteiger partial charge is 0.191 e. The molecule has 5 heteroatoms. The zero-order valence-electron chi connectivity index (χ0n) is 13.0. The lowest BCUT2D eigenvalue weighted by molar-refractivity contribution is 0.0243. The highest BCUT2D eigenvalue weighted by Crippen LogP contribution is 2.23. The Balaban J connectivity index is 2.23. The Morgan fingerprint density at radius 1 is 1.32 bits per heavy atom. The summed E-state index contributed by atoms with van der Waals surface area (Å²) in [6, 6.07) is 0. The molecule has 0 aromatic carbocycles. The number of hydrogen-bond donors (Lipinski definition) is 2. The first-order valence-corrected chi connectivity index (χ1v) is 7.44. The molecule has 0 bridgehead atoms. The number of likely N-dealkylation sites (N-methyl/N-ethyl adjacent to an activating group) is 1. The summed E-state index contributed by atoms with van der Waals surface area (Å²) in [6.45, 7) is 12.4. The molecule has 1 saturated heterocycles. The van der Waals surface area contributed by atoms with E-state index >= 15 is 0 Å². The molecule has 1 rings (SSSR count). The predicted octanol–water partition coefficient (Wildman–Crippen LogP) is 1.06. The minimum Gasteiger partial charge on any atom is -0.373 e. The second-order valence-electron chi connectivity index (χ2n) is 5.28. The van der Waals surface area contributed by atoms with E-state index in [4.69, 9.17) is 4.74 Å². The van der Waals surface area contributed by atoms with Crippen LogP contribution in [0.5, 0.6) is 0 Å². The van der Waals surface area contributed by atoms with Crippen LogP contribution >= 0.6 is 0 Å². The Morgan fingerprint density at radius 3 is 2.58 bits per heavy atom. The number of rotatable bonds is 7. The second kappa shape index (κ2) is 8.38. The molecule has 0 spiro atoms. The van der Waals surface area contributed by atoms with Crippen molar-refractivity contribution in [1.82, 2.24) is 15.5 Å². The van der Waals surface area contributed by atoms with E-state index in [2.05, 4.69) is 41.3 Å². The standard InChI is InChI=1S/C14H30N4O/c1-5-18(6-2)10-9-16-13(15-4)17-12-14(3)8-7-11-19-14/h5-12H2,1-4H3,(H2,15,16,17). The number of aliphatic imine (C=N–C) groups is 1. The number of hydrogen-bond acceptors (Lipinski definition) is 3. The van der Waals surface area contributed by atoms with Crippen LogP contribution in [-0.4, -0.2) is 62.8 Å². The minimum atomic E-state index is -0.0313. The van der Waals surface area contributed by atoms with Gasteiger partial charge < -0.3 is 20.3 Å². The van der Waals surface area contributed by atoms with Gasteiger partial charge in [0.1, 0.15) is 0 Å². The molecule has 1 unspecified atom stereocenters. The van der Waals surface area contributed by atoms with E-state index in [0.717, 1.165) is 58.1 Å². The summed E-state index contributed by atoms with van der Waals surface area (Å²) in [7, 11) is 1.81. The SMILES string of the molecule is CCN(CC)CCNC(=NC)NCC1(C)CCCO1. The van der Waals surface area contributed by atoms with E-state index in [0.29, 0.717) is 0 Å². The van der Waals surface area contributed by atoms with Crippen molar-refractivity contribution in [2.45, 2.75) is 39.2 Å². The average Bonchev–Trinajstić information content (AvgIpc) is 2.85. The molecule has 0 saturated carbocycles. The van der Waals surface area contributed by atoms with Crippen molar-refractivity contribution >= 4 is 5.96 Å². The molecule has 19 heavy (non-hydrogen) atoms. The minimum absolute atomic E-state index is 0.0313. The molecule has 1 fully saturated rings. The maximum atomic E-state index is 5.76. The summed E-state index contributed by atoms with van der Waals surface area (Å²) in [5.74, 6) is 0.865. The number of ether oxygens (including phenoxy) is 1. The maximum Gasteiger partial charge on any atom is 0.191 e. The third-order valence-corrected chi connectivity index (χ3v) is 3.77. The number of nitrogens with one attached hydrogen (secondary N) is 2. The van der Waals surface area contributed by atoms with E-state index < -0.39 is 0 Å². The molecular weight excluding hydrogens is 240 g/mol. The summed E-state index contributed by atoms with van der Waals surface area (Å²) in [4.78, 5) is 6.64. The highest BCUT2D eigenvalue weighted by molar-refractivity contribution is 5.79. The van der Waals surface area contributed by atoms with Crippen molar-refractivity contribution in [3.05, 3.63) is 0 Å². The highest BCUT2D eigenvalue weighted by Gasteiger charge is 2.29. The van der Waals surface area contributed by atoms with Crippen molar-refractivity contribution in [3.63, 3.8) is 0 Å². The van der Waals surface area contributed by atoms with E-state index in [9.17, 15) is 0 Å². The first-order valence-electron chi connectivity index (χ1n) is 7.44. The Morgan fingerprint density at radius 2 is 2.05 bits per heavy atom. The molecule has 0 radical (unpaired) electrons. The topological polar surface area (TPSA) is 48.9 Å². The monoisotopic (exact) mass is 270 g/mol. The van der Waals surface area contributed by atoms with E-state index in [1.807, 2.05) is 7.05 Å². The number of nitrogens with zero attached hydrogens (tertiary/aromatic N) is 2. The summed E-state index contributed by atoms with van der Waals surface area (Å²) in [6.07, 6.45) is 2.28. The van der Waals surface area contributed by atoms with Gasteiger partial charge >= 0.3 is 0 Å². The van der Waals surface area contributed by atoms with Gasteiger partial charge in [0.25, 0.3) is 0 Å². The van der Waals surface area contributed by atoms with Crippen molar-refractivity contribution in [1.29, 1.82) is 0 Å². The summed E-state index contributed by atoms with van der Waals surface area (Å²) < 4.78 is 5.76. The van der Waals surface area contributed by atoms with E-state index in [1.54, 1.807) is 0 Å². The largest absolute Gasteiger partial charge is 0.373 e. The Labute approximate surface area is 117 Å². The maximum absolute atomic E-state index is 5.76. The van der Waals surface area contributed by atoms with Gasteiger partial charge in [0.2, 0.25) is 0 Å². The summed E-state index contributed by atoms with van der Waals surface area (Å²) >= 11 is 0. The molecule has 1 aliphatic heterocycles. The van der Waals surface area contributed by atoms with Crippen LogP contribution in [0.3, 0.4) is 0 Å². The molecule has 1 atom stereocenters. The van der Waals surface area contributed by atoms with Crippen LogP contribution in [0.15, 0.2) is 4.99 Å². The second-order valence-corrected chi connectivity index (χ2v) is 5.28. The van der Waals surface area contributed by atoms with Gasteiger partial charge in [-0.25, -0.2) is 0 Å². The van der Waals surface area contributed by atoms with E-state index in [1.165, 1.54) is 0 Å². The molecule has 1 aliphatic rings. The molecule has 5 nitrogen and oxygen atoms in total. The molecular formula is C14H30N4O. The Bertz CT molecular complexity index is 271. The van der Waals surface area contributed by atoms with Crippen LogP contribution < -0.4 is 10.6 Å². The van der Waals surface area contributed by atoms with Crippen molar-refractivity contribution in [2.75, 3.05) is 46.4 Å². The lowest BCUT2D eigenvalue weighted by Gasteiger charge is -2.25. The molecule has 0 aliphatic carbocycles. The molecule has 0 aromatic heterocycles. The lowest BCUT2D eigenvalue weighted by Crippen LogP contribution is -2.47. The molecule has 2 N–H and O–H groups in total.